The van der Waals surface area contributed by atoms with Gasteiger partial charge in [-0.1, -0.05) is 19.6 Å². The summed E-state index contributed by atoms with van der Waals surface area (Å²) >= 11 is 0. The third-order valence-corrected chi connectivity index (χ3v) is 4.84. The number of carbonyl (C=O) groups excluding carboxylic acids is 2. The molecule has 34 heavy (non-hydrogen) atoms. The van der Waals surface area contributed by atoms with E-state index in [1.54, 1.807) is 6.92 Å². The molecule has 2 aromatic rings. The van der Waals surface area contributed by atoms with E-state index < -0.39 is 35.1 Å². The lowest BCUT2D eigenvalue weighted by molar-refractivity contribution is 0.0591. The Morgan fingerprint density at radius 2 is 1.59 bits per heavy atom. The Hall–Kier alpha value is -3.46. The minimum Gasteiger partial charge on any atom is -0.505 e. The van der Waals surface area contributed by atoms with Crippen LogP contribution in [0.15, 0.2) is 30.8 Å². The highest BCUT2D eigenvalue weighted by Crippen LogP contribution is 2.25. The molecule has 0 spiro atoms. The van der Waals surface area contributed by atoms with Gasteiger partial charge < -0.3 is 24.4 Å². The number of phenols is 2. The first-order chi connectivity index (χ1) is 16.1. The molecule has 1 heterocycles. The van der Waals surface area contributed by atoms with Crippen molar-refractivity contribution in [3.63, 3.8) is 0 Å². The third kappa shape index (κ3) is 8.15. The molecule has 9 heteroatoms. The summed E-state index contributed by atoms with van der Waals surface area (Å²) in [4.78, 5) is 22.1. The fourth-order valence-corrected chi connectivity index (χ4v) is 2.91. The van der Waals surface area contributed by atoms with E-state index in [0.717, 1.165) is 18.7 Å². The number of hydrogen-bond acceptors (Lipinski definition) is 7. The van der Waals surface area contributed by atoms with Gasteiger partial charge in [0.05, 0.1) is 31.5 Å². The second-order valence-corrected chi connectivity index (χ2v) is 7.23. The SMILES string of the molecule is C=Cc1cc(C(=O)OC)cc(F)c1O.CC1CCCO1.CCc1cc(C(=O)OC)cc(F)c1O. The number of rotatable bonds is 4. The predicted molar refractivity (Wildman–Crippen MR) is 123 cm³/mol. The maximum absolute atomic E-state index is 13.1. The molecule has 1 aliphatic heterocycles. The van der Waals surface area contributed by atoms with Gasteiger partial charge in [-0.25, -0.2) is 18.4 Å². The van der Waals surface area contributed by atoms with Crippen LogP contribution in [-0.2, 0) is 20.6 Å². The molecule has 1 unspecified atom stereocenters. The van der Waals surface area contributed by atoms with Crippen LogP contribution >= 0.6 is 0 Å². The fraction of sp³-hybridized carbons (Fsp3) is 0.360. The van der Waals surface area contributed by atoms with Gasteiger partial charge in [-0.05, 0) is 56.0 Å². The summed E-state index contributed by atoms with van der Waals surface area (Å²) in [6.45, 7) is 8.25. The molecule has 1 fully saturated rings. The quantitative estimate of drug-likeness (QED) is 0.592. The van der Waals surface area contributed by atoms with Gasteiger partial charge in [0.2, 0.25) is 0 Å². The van der Waals surface area contributed by atoms with E-state index in [-0.39, 0.29) is 16.7 Å². The van der Waals surface area contributed by atoms with Gasteiger partial charge in [0.15, 0.2) is 23.1 Å². The van der Waals surface area contributed by atoms with Crippen molar-refractivity contribution in [2.24, 2.45) is 0 Å². The summed E-state index contributed by atoms with van der Waals surface area (Å²) < 4.78 is 40.1. The Morgan fingerprint density at radius 1 is 1.06 bits per heavy atom. The topological polar surface area (TPSA) is 102 Å². The molecule has 186 valence electrons. The van der Waals surface area contributed by atoms with Gasteiger partial charge in [0.25, 0.3) is 0 Å². The van der Waals surface area contributed by atoms with E-state index in [4.69, 9.17) is 4.74 Å². The van der Waals surface area contributed by atoms with E-state index in [9.17, 15) is 28.6 Å². The number of phenolic OH excluding ortho intramolecular Hbond substituents is 2. The molecular weight excluding hydrogens is 450 g/mol. The van der Waals surface area contributed by atoms with Crippen molar-refractivity contribution < 1.29 is 42.8 Å². The van der Waals surface area contributed by atoms with Gasteiger partial charge in [-0.15, -0.1) is 0 Å². The Morgan fingerprint density at radius 3 is 1.97 bits per heavy atom. The first kappa shape index (κ1) is 28.6. The van der Waals surface area contributed by atoms with Crippen molar-refractivity contribution in [1.82, 2.24) is 0 Å². The van der Waals surface area contributed by atoms with Crippen LogP contribution in [0.1, 0.15) is 58.5 Å². The molecule has 1 aliphatic rings. The van der Waals surface area contributed by atoms with Gasteiger partial charge in [0.1, 0.15) is 0 Å². The number of halogens is 2. The molecule has 0 aromatic heterocycles. The monoisotopic (exact) mass is 480 g/mol. The summed E-state index contributed by atoms with van der Waals surface area (Å²) in [5.74, 6) is -3.87. The first-order valence-electron chi connectivity index (χ1n) is 10.5. The average Bonchev–Trinajstić information content (AvgIpc) is 3.32. The number of ether oxygens (including phenoxy) is 3. The minimum absolute atomic E-state index is 0.0395. The molecule has 2 N–H and O–H groups in total. The summed E-state index contributed by atoms with van der Waals surface area (Å²) in [7, 11) is 2.42. The third-order valence-electron chi connectivity index (χ3n) is 4.84. The predicted octanol–water partition coefficient (Wildman–Crippen LogP) is 5.03. The smallest absolute Gasteiger partial charge is 0.337 e. The van der Waals surface area contributed by atoms with Gasteiger partial charge >= 0.3 is 11.9 Å². The molecule has 1 saturated heterocycles. The molecule has 3 rings (SSSR count). The Bertz CT molecular complexity index is 999. The summed E-state index contributed by atoms with van der Waals surface area (Å²) in [6.07, 6.45) is 4.78. The Balaban J connectivity index is 0.000000274. The summed E-state index contributed by atoms with van der Waals surface area (Å²) in [6, 6.07) is 4.59. The van der Waals surface area contributed by atoms with E-state index in [0.29, 0.717) is 18.1 Å². The summed E-state index contributed by atoms with van der Waals surface area (Å²) in [5.41, 5.74) is 0.702. The van der Waals surface area contributed by atoms with Crippen molar-refractivity contribution in [3.8, 4) is 11.5 Å². The number of hydrogen-bond donors (Lipinski definition) is 2. The zero-order valence-electron chi connectivity index (χ0n) is 19.7. The van der Waals surface area contributed by atoms with E-state index in [1.807, 2.05) is 0 Å². The average molecular weight is 481 g/mol. The van der Waals surface area contributed by atoms with Gasteiger partial charge in [-0.3, -0.25) is 0 Å². The van der Waals surface area contributed by atoms with Crippen LogP contribution in [0.3, 0.4) is 0 Å². The van der Waals surface area contributed by atoms with Crippen LogP contribution in [0.2, 0.25) is 0 Å². The number of benzene rings is 2. The van der Waals surface area contributed by atoms with Gasteiger partial charge in [-0.2, -0.15) is 0 Å². The number of carbonyl (C=O) groups is 2. The van der Waals surface area contributed by atoms with Gasteiger partial charge in [0, 0.05) is 12.2 Å². The molecule has 0 amide bonds. The van der Waals surface area contributed by atoms with Crippen LogP contribution in [0.25, 0.3) is 6.08 Å². The molecule has 0 radical (unpaired) electrons. The molecule has 7 nitrogen and oxygen atoms in total. The number of aromatic hydroxyl groups is 2. The van der Waals surface area contributed by atoms with Crippen LogP contribution < -0.4 is 0 Å². The zero-order chi connectivity index (χ0) is 25.8. The fourth-order valence-electron chi connectivity index (χ4n) is 2.91. The number of esters is 2. The van der Waals surface area contributed by atoms with Crippen LogP contribution in [-0.4, -0.2) is 49.1 Å². The highest BCUT2D eigenvalue weighted by molar-refractivity contribution is 5.90. The number of aryl methyl sites for hydroxylation is 1. The van der Waals surface area contributed by atoms with Crippen molar-refractivity contribution >= 4 is 18.0 Å². The second-order valence-electron chi connectivity index (χ2n) is 7.23. The van der Waals surface area contributed by atoms with Crippen molar-refractivity contribution in [3.05, 3.63) is 64.7 Å². The van der Waals surface area contributed by atoms with E-state index in [1.165, 1.54) is 45.3 Å². The molecule has 0 bridgehead atoms. The van der Waals surface area contributed by atoms with Crippen molar-refractivity contribution in [1.29, 1.82) is 0 Å². The Labute approximate surface area is 197 Å². The standard InChI is InChI=1S/C10H11FO3.C10H9FO3.C5H10O/c2*1-3-6-4-7(10(13)14-2)5-8(11)9(6)12;1-5-3-2-4-6-5/h4-5,12H,3H2,1-2H3;3-5,12H,1H2,2H3;5H,2-4H2,1H3. The minimum atomic E-state index is -0.872. The maximum atomic E-state index is 13.1. The normalized spacial score (nSPS) is 14.1. The first-order valence-corrected chi connectivity index (χ1v) is 10.5. The van der Waals surface area contributed by atoms with E-state index >= 15 is 0 Å². The lowest BCUT2D eigenvalue weighted by atomic mass is 10.1. The Kier molecular flexibility index (Phi) is 11.7. The molecular formula is C25H30F2O7. The summed E-state index contributed by atoms with van der Waals surface area (Å²) in [5, 5.41) is 18.4. The highest BCUT2D eigenvalue weighted by Gasteiger charge is 2.14. The largest absolute Gasteiger partial charge is 0.505 e. The number of methoxy groups -OCH3 is 2. The zero-order valence-corrected chi connectivity index (χ0v) is 19.7. The molecule has 1 atom stereocenters. The second kappa shape index (κ2) is 13.9. The maximum Gasteiger partial charge on any atom is 0.337 e. The lowest BCUT2D eigenvalue weighted by Crippen LogP contribution is -2.03. The van der Waals surface area contributed by atoms with E-state index in [2.05, 4.69) is 23.0 Å². The highest BCUT2D eigenvalue weighted by atomic mass is 19.1. The van der Waals surface area contributed by atoms with Crippen LogP contribution in [0, 0.1) is 11.6 Å². The molecule has 0 saturated carbocycles. The lowest BCUT2D eigenvalue weighted by Gasteiger charge is -2.05. The van der Waals surface area contributed by atoms with Crippen molar-refractivity contribution in [2.75, 3.05) is 20.8 Å². The van der Waals surface area contributed by atoms with Crippen molar-refractivity contribution in [2.45, 2.75) is 39.2 Å². The molecule has 2 aromatic carbocycles. The van der Waals surface area contributed by atoms with Crippen LogP contribution in [0.5, 0.6) is 11.5 Å². The molecule has 0 aliphatic carbocycles. The van der Waals surface area contributed by atoms with Crippen LogP contribution in [0.4, 0.5) is 8.78 Å².